The molecule has 0 nitrogen and oxygen atoms in total. The van der Waals surface area contributed by atoms with Crippen LogP contribution in [0.15, 0.2) is 18.2 Å². The molecule has 1 aromatic rings. The van der Waals surface area contributed by atoms with Gasteiger partial charge in [0.1, 0.15) is 0 Å². The second-order valence-electron chi connectivity index (χ2n) is 5.11. The largest absolute Gasteiger partial charge is 0.0885 e. The van der Waals surface area contributed by atoms with Crippen LogP contribution in [0.5, 0.6) is 0 Å². The summed E-state index contributed by atoms with van der Waals surface area (Å²) in [6, 6.07) is 5.70. The van der Waals surface area contributed by atoms with E-state index in [2.05, 4.69) is 36.7 Å². The van der Waals surface area contributed by atoms with E-state index in [1.54, 1.807) is 6.07 Å². The fourth-order valence-electron chi connectivity index (χ4n) is 1.44. The monoisotopic (exact) mass is 322 g/mol. The molecule has 0 amide bonds. The Morgan fingerprint density at radius 1 is 1.25 bits per heavy atom. The van der Waals surface area contributed by atoms with Gasteiger partial charge in [0.15, 0.2) is 0 Å². The molecule has 1 aromatic carbocycles. The lowest BCUT2D eigenvalue weighted by molar-refractivity contribution is 0.386. The summed E-state index contributed by atoms with van der Waals surface area (Å²) in [6.45, 7) is 6.70. The van der Waals surface area contributed by atoms with Gasteiger partial charge in [0.2, 0.25) is 0 Å². The third kappa shape index (κ3) is 4.27. The Bertz CT molecular complexity index is 355. The van der Waals surface area contributed by atoms with Crippen molar-refractivity contribution in [2.45, 2.75) is 38.4 Å². The number of rotatable bonds is 3. The smallest absolute Gasteiger partial charge is 0.0452 e. The van der Waals surface area contributed by atoms with Crippen molar-refractivity contribution in [2.24, 2.45) is 5.41 Å². The van der Waals surface area contributed by atoms with E-state index in [1.807, 2.05) is 12.1 Å². The highest BCUT2D eigenvalue weighted by Gasteiger charge is 2.21. The first-order valence-corrected chi connectivity index (χ1v) is 7.06. The van der Waals surface area contributed by atoms with Gasteiger partial charge in [-0.25, -0.2) is 0 Å². The minimum atomic E-state index is 0.277. The Morgan fingerprint density at radius 3 is 2.38 bits per heavy atom. The standard InChI is InChI=1S/C13H17BrCl2/c1-13(2,3)12(14)7-5-9-4-6-10(15)8-11(9)16/h4,6,8,12H,5,7H2,1-3H3. The predicted octanol–water partition coefficient (Wildman–Crippen LogP) is 5.74. The number of aryl methyl sites for hydroxylation is 1. The van der Waals surface area contributed by atoms with Crippen LogP contribution in [-0.4, -0.2) is 4.83 Å². The highest BCUT2D eigenvalue weighted by molar-refractivity contribution is 9.09. The molecule has 90 valence electrons. The number of hydrogen-bond donors (Lipinski definition) is 0. The van der Waals surface area contributed by atoms with Gasteiger partial charge in [-0.3, -0.25) is 0 Å². The summed E-state index contributed by atoms with van der Waals surface area (Å²) in [7, 11) is 0. The van der Waals surface area contributed by atoms with Gasteiger partial charge in [-0.05, 0) is 36.0 Å². The summed E-state index contributed by atoms with van der Waals surface area (Å²) in [5, 5.41) is 1.46. The van der Waals surface area contributed by atoms with E-state index >= 15 is 0 Å². The van der Waals surface area contributed by atoms with Crippen LogP contribution in [0.25, 0.3) is 0 Å². The predicted molar refractivity (Wildman–Crippen MR) is 77.0 cm³/mol. The summed E-state index contributed by atoms with van der Waals surface area (Å²) >= 11 is 15.7. The summed E-state index contributed by atoms with van der Waals surface area (Å²) in [5.74, 6) is 0. The average molecular weight is 324 g/mol. The number of hydrogen-bond acceptors (Lipinski definition) is 0. The molecule has 1 rings (SSSR count). The molecule has 1 atom stereocenters. The molecular formula is C13H17BrCl2. The van der Waals surface area contributed by atoms with Crippen molar-refractivity contribution in [3.05, 3.63) is 33.8 Å². The molecule has 16 heavy (non-hydrogen) atoms. The molecule has 0 radical (unpaired) electrons. The van der Waals surface area contributed by atoms with Crippen LogP contribution in [0.3, 0.4) is 0 Å². The quantitative estimate of drug-likeness (QED) is 0.622. The van der Waals surface area contributed by atoms with Crippen LogP contribution in [0, 0.1) is 5.41 Å². The number of alkyl halides is 1. The molecule has 1 unspecified atom stereocenters. The second-order valence-corrected chi connectivity index (χ2v) is 7.06. The first-order chi connectivity index (χ1) is 7.30. The lowest BCUT2D eigenvalue weighted by Crippen LogP contribution is -2.20. The van der Waals surface area contributed by atoms with E-state index in [0.29, 0.717) is 9.85 Å². The molecule has 0 N–H and O–H groups in total. The molecule has 0 aromatic heterocycles. The maximum Gasteiger partial charge on any atom is 0.0452 e. The van der Waals surface area contributed by atoms with Crippen molar-refractivity contribution < 1.29 is 0 Å². The number of benzene rings is 1. The van der Waals surface area contributed by atoms with Gasteiger partial charge in [0.25, 0.3) is 0 Å². The minimum Gasteiger partial charge on any atom is -0.0885 e. The zero-order valence-corrected chi connectivity index (χ0v) is 13.0. The van der Waals surface area contributed by atoms with Crippen molar-refractivity contribution in [1.82, 2.24) is 0 Å². The van der Waals surface area contributed by atoms with Gasteiger partial charge in [-0.1, -0.05) is 66.0 Å². The summed E-state index contributed by atoms with van der Waals surface area (Å²) in [6.07, 6.45) is 2.05. The first kappa shape index (κ1) is 14.3. The van der Waals surface area contributed by atoms with E-state index < -0.39 is 0 Å². The number of halogens is 3. The van der Waals surface area contributed by atoms with Gasteiger partial charge in [-0.2, -0.15) is 0 Å². The highest BCUT2D eigenvalue weighted by Crippen LogP contribution is 2.31. The maximum atomic E-state index is 6.13. The minimum absolute atomic E-state index is 0.277. The van der Waals surface area contributed by atoms with Gasteiger partial charge < -0.3 is 0 Å². The fraction of sp³-hybridized carbons (Fsp3) is 0.538. The second kappa shape index (κ2) is 5.75. The Balaban J connectivity index is 2.62. The van der Waals surface area contributed by atoms with Crippen molar-refractivity contribution in [1.29, 1.82) is 0 Å². The molecule has 0 fully saturated rings. The van der Waals surface area contributed by atoms with Crippen molar-refractivity contribution in [3.63, 3.8) is 0 Å². The molecule has 0 aliphatic heterocycles. The maximum absolute atomic E-state index is 6.13. The molecular weight excluding hydrogens is 307 g/mol. The van der Waals surface area contributed by atoms with Crippen molar-refractivity contribution >= 4 is 39.1 Å². The summed E-state index contributed by atoms with van der Waals surface area (Å²) < 4.78 is 0. The normalized spacial score (nSPS) is 13.9. The van der Waals surface area contributed by atoms with Gasteiger partial charge in [-0.15, -0.1) is 0 Å². The lowest BCUT2D eigenvalue weighted by Gasteiger charge is -2.25. The van der Waals surface area contributed by atoms with Gasteiger partial charge in [0, 0.05) is 14.9 Å². The molecule has 0 aliphatic carbocycles. The molecule has 0 heterocycles. The van der Waals surface area contributed by atoms with Crippen LogP contribution in [0.2, 0.25) is 10.0 Å². The molecule has 0 aliphatic rings. The summed E-state index contributed by atoms with van der Waals surface area (Å²) in [4.78, 5) is 0.492. The van der Waals surface area contributed by atoms with Crippen LogP contribution in [0.1, 0.15) is 32.8 Å². The zero-order chi connectivity index (χ0) is 12.3. The van der Waals surface area contributed by atoms with Crippen LogP contribution in [0.4, 0.5) is 0 Å². The van der Waals surface area contributed by atoms with Crippen LogP contribution < -0.4 is 0 Å². The van der Waals surface area contributed by atoms with E-state index in [0.717, 1.165) is 17.9 Å². The average Bonchev–Trinajstić information content (AvgIpc) is 2.14. The molecule has 0 spiro atoms. The van der Waals surface area contributed by atoms with Crippen molar-refractivity contribution in [3.8, 4) is 0 Å². The van der Waals surface area contributed by atoms with E-state index in [4.69, 9.17) is 23.2 Å². The Hall–Kier alpha value is 0.280. The molecule has 0 bridgehead atoms. The van der Waals surface area contributed by atoms with E-state index in [9.17, 15) is 0 Å². The zero-order valence-electron chi connectivity index (χ0n) is 9.86. The van der Waals surface area contributed by atoms with Crippen LogP contribution in [-0.2, 0) is 6.42 Å². The third-order valence-electron chi connectivity index (χ3n) is 2.62. The van der Waals surface area contributed by atoms with Gasteiger partial charge in [0.05, 0.1) is 0 Å². The Morgan fingerprint density at radius 2 is 1.88 bits per heavy atom. The van der Waals surface area contributed by atoms with E-state index in [1.165, 1.54) is 5.56 Å². The third-order valence-corrected chi connectivity index (χ3v) is 5.04. The molecule has 3 heteroatoms. The highest BCUT2D eigenvalue weighted by atomic mass is 79.9. The van der Waals surface area contributed by atoms with E-state index in [-0.39, 0.29) is 5.41 Å². The topological polar surface area (TPSA) is 0 Å². The lowest BCUT2D eigenvalue weighted by atomic mass is 9.89. The van der Waals surface area contributed by atoms with Gasteiger partial charge >= 0.3 is 0 Å². The fourth-order valence-corrected chi connectivity index (χ4v) is 2.17. The Labute approximate surface area is 116 Å². The SMILES string of the molecule is CC(C)(C)C(Br)CCc1ccc(Cl)cc1Cl. The molecule has 0 saturated heterocycles. The van der Waals surface area contributed by atoms with Crippen molar-refractivity contribution in [2.75, 3.05) is 0 Å². The van der Waals surface area contributed by atoms with Crippen LogP contribution >= 0.6 is 39.1 Å². The Kier molecular flexibility index (Phi) is 5.15. The first-order valence-electron chi connectivity index (χ1n) is 5.38. The molecule has 0 saturated carbocycles. The summed E-state index contributed by atoms with van der Waals surface area (Å²) in [5.41, 5.74) is 1.44.